The molecule has 0 spiro atoms. The number of hydrogen-bond donors (Lipinski definition) is 1. The predicted molar refractivity (Wildman–Crippen MR) is 63.5 cm³/mol. The third-order valence-electron chi connectivity index (χ3n) is 2.18. The number of hydrogen-bond acceptors (Lipinski definition) is 3. The Bertz CT molecular complexity index is 334. The lowest BCUT2D eigenvalue weighted by atomic mass is 10.1. The summed E-state index contributed by atoms with van der Waals surface area (Å²) in [5.74, 6) is 0.1000. The first-order valence-corrected chi connectivity index (χ1v) is 5.10. The van der Waals surface area contributed by atoms with E-state index in [1.165, 1.54) is 0 Å². The van der Waals surface area contributed by atoms with E-state index in [4.69, 9.17) is 0 Å². The monoisotopic (exact) mass is 206 g/mol. The van der Waals surface area contributed by atoms with Crippen LogP contribution in [0.15, 0.2) is 24.3 Å². The van der Waals surface area contributed by atoms with Gasteiger partial charge in [-0.1, -0.05) is 12.1 Å². The van der Waals surface area contributed by atoms with Gasteiger partial charge >= 0.3 is 0 Å². The molecule has 3 heteroatoms. The first-order chi connectivity index (χ1) is 7.11. The number of ketones is 1. The summed E-state index contributed by atoms with van der Waals surface area (Å²) in [6.45, 7) is 3.38. The maximum atomic E-state index is 11.3. The maximum Gasteiger partial charge on any atom is 0.161 e. The van der Waals surface area contributed by atoms with Gasteiger partial charge in [0.25, 0.3) is 0 Å². The molecule has 3 nitrogen and oxygen atoms in total. The van der Waals surface area contributed by atoms with Gasteiger partial charge in [0.1, 0.15) is 0 Å². The lowest BCUT2D eigenvalue weighted by molar-refractivity contribution is 0.101. The maximum absolute atomic E-state index is 11.3. The second-order valence-corrected chi connectivity index (χ2v) is 3.83. The summed E-state index contributed by atoms with van der Waals surface area (Å²) < 4.78 is 0. The van der Waals surface area contributed by atoms with Crippen LogP contribution in [0.25, 0.3) is 0 Å². The van der Waals surface area contributed by atoms with Crippen LogP contribution in [0.4, 0.5) is 5.69 Å². The fourth-order valence-electron chi connectivity index (χ4n) is 1.36. The molecule has 15 heavy (non-hydrogen) atoms. The molecule has 1 aromatic rings. The summed E-state index contributed by atoms with van der Waals surface area (Å²) in [5.41, 5.74) is 1.68. The van der Waals surface area contributed by atoms with E-state index in [0.29, 0.717) is 0 Å². The largest absolute Gasteiger partial charge is 0.383 e. The summed E-state index contributed by atoms with van der Waals surface area (Å²) >= 11 is 0. The normalized spacial score (nSPS) is 10.4. The molecule has 0 heterocycles. The van der Waals surface area contributed by atoms with E-state index in [1.807, 2.05) is 38.4 Å². The first kappa shape index (κ1) is 11.7. The standard InChI is InChI=1S/C12H18N2O/c1-10(15)11-6-4-5-7-12(11)13-8-9-14(2)3/h4-7,13H,8-9H2,1-3H3. The van der Waals surface area contributed by atoms with Crippen LogP contribution in [-0.2, 0) is 0 Å². The molecular formula is C12H18N2O. The van der Waals surface area contributed by atoms with Gasteiger partial charge < -0.3 is 10.2 Å². The Hall–Kier alpha value is -1.35. The quantitative estimate of drug-likeness (QED) is 0.746. The van der Waals surface area contributed by atoms with E-state index in [1.54, 1.807) is 6.92 Å². The minimum absolute atomic E-state index is 0.1000. The molecule has 0 radical (unpaired) electrons. The number of nitrogens with one attached hydrogen (secondary N) is 1. The second kappa shape index (κ2) is 5.51. The van der Waals surface area contributed by atoms with Gasteiger partial charge in [-0.2, -0.15) is 0 Å². The molecule has 0 atom stereocenters. The number of benzene rings is 1. The Labute approximate surface area is 91.1 Å². The van der Waals surface area contributed by atoms with Crippen LogP contribution in [-0.4, -0.2) is 37.9 Å². The van der Waals surface area contributed by atoms with Gasteiger partial charge in [0.2, 0.25) is 0 Å². The highest BCUT2D eigenvalue weighted by atomic mass is 16.1. The van der Waals surface area contributed by atoms with Gasteiger partial charge in [-0.05, 0) is 33.2 Å². The summed E-state index contributed by atoms with van der Waals surface area (Å²) in [6.07, 6.45) is 0. The zero-order valence-corrected chi connectivity index (χ0v) is 9.58. The van der Waals surface area contributed by atoms with E-state index in [-0.39, 0.29) is 5.78 Å². The Morgan fingerprint density at radius 3 is 2.60 bits per heavy atom. The molecule has 0 aliphatic carbocycles. The van der Waals surface area contributed by atoms with Crippen LogP contribution >= 0.6 is 0 Å². The number of likely N-dealkylation sites (N-methyl/N-ethyl adjacent to an activating group) is 1. The Morgan fingerprint density at radius 2 is 2.00 bits per heavy atom. The lowest BCUT2D eigenvalue weighted by Gasteiger charge is -2.13. The number of Topliss-reactive ketones (excluding diaryl/α,β-unsaturated/α-hetero) is 1. The van der Waals surface area contributed by atoms with Crippen molar-refractivity contribution in [1.29, 1.82) is 0 Å². The molecule has 0 aliphatic heterocycles. The van der Waals surface area contributed by atoms with E-state index >= 15 is 0 Å². The van der Waals surface area contributed by atoms with Gasteiger partial charge in [0.15, 0.2) is 5.78 Å². The van der Waals surface area contributed by atoms with Crippen LogP contribution < -0.4 is 5.32 Å². The van der Waals surface area contributed by atoms with Crippen molar-refractivity contribution in [3.63, 3.8) is 0 Å². The van der Waals surface area contributed by atoms with E-state index in [2.05, 4.69) is 10.2 Å². The summed E-state index contributed by atoms with van der Waals surface area (Å²) in [6, 6.07) is 7.60. The fraction of sp³-hybridized carbons (Fsp3) is 0.417. The Morgan fingerprint density at radius 1 is 1.33 bits per heavy atom. The SMILES string of the molecule is CC(=O)c1ccccc1NCCN(C)C. The van der Waals surface area contributed by atoms with Crippen LogP contribution in [0.5, 0.6) is 0 Å². The Balaban J connectivity index is 2.63. The van der Waals surface area contributed by atoms with Gasteiger partial charge in [-0.15, -0.1) is 0 Å². The van der Waals surface area contributed by atoms with Crippen LogP contribution in [0.2, 0.25) is 0 Å². The van der Waals surface area contributed by atoms with Crippen molar-refractivity contribution in [2.75, 3.05) is 32.5 Å². The number of carbonyl (C=O) groups excluding carboxylic acids is 1. The van der Waals surface area contributed by atoms with Crippen molar-refractivity contribution >= 4 is 11.5 Å². The zero-order chi connectivity index (χ0) is 11.3. The summed E-state index contributed by atoms with van der Waals surface area (Å²) in [4.78, 5) is 13.4. The topological polar surface area (TPSA) is 32.3 Å². The molecule has 82 valence electrons. The molecule has 0 bridgehead atoms. The Kier molecular flexibility index (Phi) is 4.31. The molecule has 0 saturated heterocycles. The average molecular weight is 206 g/mol. The highest BCUT2D eigenvalue weighted by molar-refractivity contribution is 5.99. The minimum atomic E-state index is 0.1000. The number of carbonyl (C=O) groups is 1. The van der Waals surface area contributed by atoms with Crippen molar-refractivity contribution in [2.45, 2.75) is 6.92 Å². The number of rotatable bonds is 5. The fourth-order valence-corrected chi connectivity index (χ4v) is 1.36. The highest BCUT2D eigenvalue weighted by Gasteiger charge is 2.04. The minimum Gasteiger partial charge on any atom is -0.383 e. The number of nitrogens with zero attached hydrogens (tertiary/aromatic N) is 1. The average Bonchev–Trinajstić information content (AvgIpc) is 2.17. The van der Waals surface area contributed by atoms with E-state index in [0.717, 1.165) is 24.3 Å². The van der Waals surface area contributed by atoms with Gasteiger partial charge in [0, 0.05) is 24.3 Å². The molecule has 1 N–H and O–H groups in total. The number of para-hydroxylation sites is 1. The third-order valence-corrected chi connectivity index (χ3v) is 2.18. The molecule has 0 aliphatic rings. The second-order valence-electron chi connectivity index (χ2n) is 3.83. The van der Waals surface area contributed by atoms with E-state index in [9.17, 15) is 4.79 Å². The van der Waals surface area contributed by atoms with Gasteiger partial charge in [-0.25, -0.2) is 0 Å². The molecule has 1 aromatic carbocycles. The molecular weight excluding hydrogens is 188 g/mol. The van der Waals surface area contributed by atoms with Crippen molar-refractivity contribution in [2.24, 2.45) is 0 Å². The molecule has 1 rings (SSSR count). The van der Waals surface area contributed by atoms with Gasteiger partial charge in [-0.3, -0.25) is 4.79 Å². The highest BCUT2D eigenvalue weighted by Crippen LogP contribution is 2.14. The molecule has 0 amide bonds. The lowest BCUT2D eigenvalue weighted by Crippen LogP contribution is -2.21. The summed E-state index contributed by atoms with van der Waals surface area (Å²) in [7, 11) is 4.05. The smallest absolute Gasteiger partial charge is 0.161 e. The van der Waals surface area contributed by atoms with Crippen molar-refractivity contribution in [1.82, 2.24) is 4.90 Å². The number of anilines is 1. The van der Waals surface area contributed by atoms with Crippen LogP contribution in [0.3, 0.4) is 0 Å². The first-order valence-electron chi connectivity index (χ1n) is 5.10. The zero-order valence-electron chi connectivity index (χ0n) is 9.58. The predicted octanol–water partition coefficient (Wildman–Crippen LogP) is 1.86. The van der Waals surface area contributed by atoms with Crippen LogP contribution in [0, 0.1) is 0 Å². The molecule has 0 unspecified atom stereocenters. The third kappa shape index (κ3) is 3.72. The molecule has 0 saturated carbocycles. The van der Waals surface area contributed by atoms with Crippen LogP contribution in [0.1, 0.15) is 17.3 Å². The van der Waals surface area contributed by atoms with Gasteiger partial charge in [0.05, 0.1) is 0 Å². The van der Waals surface area contributed by atoms with Crippen molar-refractivity contribution < 1.29 is 4.79 Å². The summed E-state index contributed by atoms with van der Waals surface area (Å²) in [5, 5.41) is 3.26. The van der Waals surface area contributed by atoms with Crippen molar-refractivity contribution in [3.05, 3.63) is 29.8 Å². The van der Waals surface area contributed by atoms with Crippen molar-refractivity contribution in [3.8, 4) is 0 Å². The molecule has 0 fully saturated rings. The van der Waals surface area contributed by atoms with E-state index < -0.39 is 0 Å². The molecule has 0 aromatic heterocycles.